The van der Waals surface area contributed by atoms with Gasteiger partial charge in [0.2, 0.25) is 5.91 Å². The van der Waals surface area contributed by atoms with Crippen LogP contribution < -0.4 is 5.32 Å². The molecule has 0 aromatic heterocycles. The Morgan fingerprint density at radius 2 is 1.84 bits per heavy atom. The van der Waals surface area contributed by atoms with Crippen molar-refractivity contribution in [1.29, 1.82) is 0 Å². The summed E-state index contributed by atoms with van der Waals surface area (Å²) < 4.78 is 0. The Balaban J connectivity index is 1.56. The van der Waals surface area contributed by atoms with Crippen molar-refractivity contribution in [3.63, 3.8) is 0 Å². The molecule has 19 heavy (non-hydrogen) atoms. The van der Waals surface area contributed by atoms with Crippen LogP contribution >= 0.6 is 0 Å². The van der Waals surface area contributed by atoms with E-state index in [0.717, 1.165) is 13.0 Å². The summed E-state index contributed by atoms with van der Waals surface area (Å²) in [5.41, 5.74) is 0. The van der Waals surface area contributed by atoms with Gasteiger partial charge in [-0.05, 0) is 57.3 Å². The van der Waals surface area contributed by atoms with Crippen LogP contribution in [0.25, 0.3) is 0 Å². The smallest absolute Gasteiger partial charge is 0.223 e. The first-order chi connectivity index (χ1) is 9.13. The molecule has 4 unspecified atom stereocenters. The van der Waals surface area contributed by atoms with Gasteiger partial charge >= 0.3 is 0 Å². The van der Waals surface area contributed by atoms with Crippen molar-refractivity contribution >= 4 is 5.91 Å². The van der Waals surface area contributed by atoms with Gasteiger partial charge in [-0.2, -0.15) is 0 Å². The molecule has 3 heterocycles. The number of nitrogens with one attached hydrogen (secondary N) is 1. The standard InChI is InChI=1S/C16H28N2O/c1-11-4-3-7-18(12(11)2)16(19)10-13-8-14-5-6-15(9-13)17-14/h11-15,17H,3-10H2,1-2H3. The number of rotatable bonds is 2. The number of hydrogen-bond acceptors (Lipinski definition) is 2. The molecule has 0 aliphatic carbocycles. The summed E-state index contributed by atoms with van der Waals surface area (Å²) in [7, 11) is 0. The summed E-state index contributed by atoms with van der Waals surface area (Å²) in [4.78, 5) is 14.7. The summed E-state index contributed by atoms with van der Waals surface area (Å²) in [6.45, 7) is 5.50. The fourth-order valence-corrected chi connectivity index (χ4v) is 4.39. The van der Waals surface area contributed by atoms with Crippen molar-refractivity contribution in [1.82, 2.24) is 10.2 Å². The SMILES string of the molecule is CC1CCCN(C(=O)CC2CC3CCC(C2)N3)C1C. The average Bonchev–Trinajstić information content (AvgIpc) is 2.72. The van der Waals surface area contributed by atoms with Gasteiger partial charge in [0.05, 0.1) is 0 Å². The van der Waals surface area contributed by atoms with Crippen LogP contribution in [0.1, 0.15) is 58.8 Å². The highest BCUT2D eigenvalue weighted by Gasteiger charge is 2.36. The van der Waals surface area contributed by atoms with E-state index in [1.807, 2.05) is 0 Å². The molecular weight excluding hydrogens is 236 g/mol. The lowest BCUT2D eigenvalue weighted by molar-refractivity contribution is -0.137. The van der Waals surface area contributed by atoms with Gasteiger partial charge in [0, 0.05) is 31.1 Å². The van der Waals surface area contributed by atoms with Crippen LogP contribution in [0, 0.1) is 11.8 Å². The third kappa shape index (κ3) is 2.81. The first kappa shape index (κ1) is 13.4. The maximum atomic E-state index is 12.6. The molecule has 0 spiro atoms. The Labute approximate surface area is 117 Å². The van der Waals surface area contributed by atoms with E-state index in [0.29, 0.717) is 35.9 Å². The third-order valence-corrected chi connectivity index (χ3v) is 5.73. The normalized spacial score (nSPS) is 42.4. The number of hydrogen-bond donors (Lipinski definition) is 1. The summed E-state index contributed by atoms with van der Waals surface area (Å²) in [5, 5.41) is 3.66. The van der Waals surface area contributed by atoms with Gasteiger partial charge in [0.25, 0.3) is 0 Å². The number of amides is 1. The zero-order valence-electron chi connectivity index (χ0n) is 12.4. The minimum atomic E-state index is 0.422. The molecular formula is C16H28N2O. The van der Waals surface area contributed by atoms with Gasteiger partial charge in [0.1, 0.15) is 0 Å². The molecule has 0 aromatic carbocycles. The van der Waals surface area contributed by atoms with E-state index in [4.69, 9.17) is 0 Å². The van der Waals surface area contributed by atoms with E-state index in [-0.39, 0.29) is 0 Å². The second-order valence-electron chi connectivity index (χ2n) is 7.13. The van der Waals surface area contributed by atoms with Gasteiger partial charge in [0.15, 0.2) is 0 Å². The Bertz CT molecular complexity index is 332. The molecule has 3 aliphatic heterocycles. The zero-order valence-corrected chi connectivity index (χ0v) is 12.4. The monoisotopic (exact) mass is 264 g/mol. The fraction of sp³-hybridized carbons (Fsp3) is 0.938. The highest BCUT2D eigenvalue weighted by Crippen LogP contribution is 2.33. The van der Waals surface area contributed by atoms with Crippen molar-refractivity contribution in [3.05, 3.63) is 0 Å². The highest BCUT2D eigenvalue weighted by molar-refractivity contribution is 5.77. The van der Waals surface area contributed by atoms with Gasteiger partial charge in [-0.3, -0.25) is 4.79 Å². The quantitative estimate of drug-likeness (QED) is 0.831. The summed E-state index contributed by atoms with van der Waals surface area (Å²) >= 11 is 0. The molecule has 3 saturated heterocycles. The van der Waals surface area contributed by atoms with Crippen molar-refractivity contribution in [3.8, 4) is 0 Å². The van der Waals surface area contributed by atoms with Crippen LogP contribution in [-0.2, 0) is 4.79 Å². The first-order valence-corrected chi connectivity index (χ1v) is 8.19. The number of carbonyl (C=O) groups excluding carboxylic acids is 1. The molecule has 108 valence electrons. The molecule has 0 aromatic rings. The summed E-state index contributed by atoms with van der Waals surface area (Å²) in [6.07, 6.45) is 8.36. The molecule has 0 radical (unpaired) electrons. The average molecular weight is 264 g/mol. The minimum absolute atomic E-state index is 0.422. The molecule has 1 amide bonds. The second kappa shape index (κ2) is 5.43. The Morgan fingerprint density at radius 3 is 2.53 bits per heavy atom. The molecule has 0 saturated carbocycles. The molecule has 3 fully saturated rings. The number of likely N-dealkylation sites (tertiary alicyclic amines) is 1. The molecule has 3 heteroatoms. The lowest BCUT2D eigenvalue weighted by Gasteiger charge is -2.39. The lowest BCUT2D eigenvalue weighted by Crippen LogP contribution is -2.47. The number of fused-ring (bicyclic) bond motifs is 2. The topological polar surface area (TPSA) is 32.3 Å². The number of nitrogens with zero attached hydrogens (tertiary/aromatic N) is 1. The number of carbonyl (C=O) groups is 1. The third-order valence-electron chi connectivity index (χ3n) is 5.73. The lowest BCUT2D eigenvalue weighted by atomic mass is 9.87. The Kier molecular flexibility index (Phi) is 3.84. The minimum Gasteiger partial charge on any atom is -0.340 e. The Morgan fingerprint density at radius 1 is 1.16 bits per heavy atom. The zero-order chi connectivity index (χ0) is 13.4. The van der Waals surface area contributed by atoms with Crippen LogP contribution in [0.4, 0.5) is 0 Å². The summed E-state index contributed by atoms with van der Waals surface area (Å²) in [6, 6.07) is 1.85. The van der Waals surface area contributed by atoms with Gasteiger partial charge < -0.3 is 10.2 Å². The van der Waals surface area contributed by atoms with Crippen molar-refractivity contribution < 1.29 is 4.79 Å². The molecule has 3 aliphatic rings. The van der Waals surface area contributed by atoms with Gasteiger partial charge in [-0.25, -0.2) is 0 Å². The largest absolute Gasteiger partial charge is 0.340 e. The molecule has 2 bridgehead atoms. The summed E-state index contributed by atoms with van der Waals surface area (Å²) in [5.74, 6) is 1.72. The molecule has 1 N–H and O–H groups in total. The first-order valence-electron chi connectivity index (χ1n) is 8.19. The predicted octanol–water partition coefficient (Wildman–Crippen LogP) is 2.55. The van der Waals surface area contributed by atoms with E-state index in [9.17, 15) is 4.79 Å². The van der Waals surface area contributed by atoms with Crippen LogP contribution in [-0.4, -0.2) is 35.5 Å². The van der Waals surface area contributed by atoms with E-state index < -0.39 is 0 Å². The van der Waals surface area contributed by atoms with E-state index in [1.54, 1.807) is 0 Å². The maximum Gasteiger partial charge on any atom is 0.223 e. The second-order valence-corrected chi connectivity index (χ2v) is 7.13. The van der Waals surface area contributed by atoms with E-state index in [2.05, 4.69) is 24.1 Å². The van der Waals surface area contributed by atoms with Crippen LogP contribution in [0.2, 0.25) is 0 Å². The maximum absolute atomic E-state index is 12.6. The van der Waals surface area contributed by atoms with Crippen molar-refractivity contribution in [2.24, 2.45) is 11.8 Å². The van der Waals surface area contributed by atoms with Gasteiger partial charge in [-0.1, -0.05) is 6.92 Å². The van der Waals surface area contributed by atoms with Crippen LogP contribution in [0.3, 0.4) is 0 Å². The van der Waals surface area contributed by atoms with E-state index in [1.165, 1.54) is 38.5 Å². The highest BCUT2D eigenvalue weighted by atomic mass is 16.2. The van der Waals surface area contributed by atoms with Gasteiger partial charge in [-0.15, -0.1) is 0 Å². The van der Waals surface area contributed by atoms with Crippen LogP contribution in [0.5, 0.6) is 0 Å². The molecule has 3 nitrogen and oxygen atoms in total. The van der Waals surface area contributed by atoms with Crippen molar-refractivity contribution in [2.45, 2.75) is 76.9 Å². The molecule has 4 atom stereocenters. The fourth-order valence-electron chi connectivity index (χ4n) is 4.39. The Hall–Kier alpha value is -0.570. The molecule has 3 rings (SSSR count). The van der Waals surface area contributed by atoms with Crippen molar-refractivity contribution in [2.75, 3.05) is 6.54 Å². The van der Waals surface area contributed by atoms with E-state index >= 15 is 0 Å². The predicted molar refractivity (Wildman–Crippen MR) is 76.9 cm³/mol. The number of piperidine rings is 2. The van der Waals surface area contributed by atoms with Crippen LogP contribution in [0.15, 0.2) is 0 Å².